The van der Waals surface area contributed by atoms with Crippen molar-refractivity contribution < 1.29 is 0 Å². The number of allylic oxidation sites excluding steroid dienone is 1. The molecule has 34 heavy (non-hydrogen) atoms. The van der Waals surface area contributed by atoms with Crippen LogP contribution in [0.3, 0.4) is 0 Å². The average molecular weight is 446 g/mol. The van der Waals surface area contributed by atoms with E-state index in [4.69, 9.17) is 11.5 Å². The van der Waals surface area contributed by atoms with E-state index in [0.29, 0.717) is 12.5 Å². The summed E-state index contributed by atoms with van der Waals surface area (Å²) in [7, 11) is 0. The Hall–Kier alpha value is -4.03. The molecule has 0 saturated carbocycles. The summed E-state index contributed by atoms with van der Waals surface area (Å²) in [4.78, 5) is 2.31. The molecule has 0 N–H and O–H groups in total. The lowest BCUT2D eigenvalue weighted by Crippen LogP contribution is -2.26. The van der Waals surface area contributed by atoms with Crippen molar-refractivity contribution in [2.24, 2.45) is 5.92 Å². The molecule has 1 atom stereocenters. The van der Waals surface area contributed by atoms with E-state index < -0.39 is 0 Å². The van der Waals surface area contributed by atoms with E-state index in [-0.39, 0.29) is 0 Å². The van der Waals surface area contributed by atoms with Crippen LogP contribution in [0.5, 0.6) is 0 Å². The molecule has 170 valence electrons. The molecule has 0 aliphatic rings. The number of benzene rings is 3. The Morgan fingerprint density at radius 1 is 1.15 bits per heavy atom. The number of nitrogens with zero attached hydrogens (tertiary/aromatic N) is 3. The topological polar surface area (TPSA) is 21.1 Å². The molecule has 0 fully saturated rings. The Kier molecular flexibility index (Phi) is 6.70. The first kappa shape index (κ1) is 23.1. The van der Waals surface area contributed by atoms with Crippen LogP contribution in [0.4, 0.5) is 5.69 Å². The molecule has 0 aliphatic heterocycles. The predicted octanol–water partition coefficient (Wildman–Crippen LogP) is 7.52. The van der Waals surface area contributed by atoms with Gasteiger partial charge in [-0.1, -0.05) is 75.4 Å². The molecule has 0 spiro atoms. The van der Waals surface area contributed by atoms with Gasteiger partial charge in [0.25, 0.3) is 0 Å². The summed E-state index contributed by atoms with van der Waals surface area (Å²) >= 11 is 0. The van der Waals surface area contributed by atoms with E-state index in [0.717, 1.165) is 51.2 Å². The van der Waals surface area contributed by atoms with Gasteiger partial charge in [-0.15, -0.1) is 6.42 Å². The molecule has 3 aromatic carbocycles. The summed E-state index contributed by atoms with van der Waals surface area (Å²) in [6, 6.07) is 22.7. The van der Waals surface area contributed by atoms with E-state index in [1.807, 2.05) is 41.1 Å². The van der Waals surface area contributed by atoms with Crippen molar-refractivity contribution in [3.8, 4) is 18.0 Å². The third kappa shape index (κ3) is 4.28. The zero-order valence-electron chi connectivity index (χ0n) is 20.3. The van der Waals surface area contributed by atoms with Gasteiger partial charge in [0.15, 0.2) is 0 Å². The van der Waals surface area contributed by atoms with Crippen molar-refractivity contribution in [2.45, 2.75) is 33.7 Å². The summed E-state index contributed by atoms with van der Waals surface area (Å²) in [6.45, 7) is 15.6. The van der Waals surface area contributed by atoms with E-state index in [1.165, 1.54) is 5.56 Å². The molecule has 0 unspecified atom stereocenters. The van der Waals surface area contributed by atoms with Crippen molar-refractivity contribution in [2.75, 3.05) is 4.90 Å². The largest absolute Gasteiger partial charge is 0.339 e. The van der Waals surface area contributed by atoms with Crippen molar-refractivity contribution in [1.29, 1.82) is 0 Å². The van der Waals surface area contributed by atoms with Crippen molar-refractivity contribution in [3.63, 3.8) is 0 Å². The third-order valence-electron chi connectivity index (χ3n) is 6.53. The van der Waals surface area contributed by atoms with Crippen LogP contribution in [0.15, 0.2) is 85.6 Å². The highest BCUT2D eigenvalue weighted by atomic mass is 15.3. The standard InChI is InChI=1S/C31H31N3/c1-7-22(4)24(6)33(29-19-18-25(8-2)20-23(29)5)21-28-27-15-11-13-17-31(27)34(32-28)30-16-12-10-14-26(30)9-3/h3,8,10-20,22H,2,6-7,21H2,1,4-5H3/t22-/m0/s1. The second-order valence-corrected chi connectivity index (χ2v) is 8.67. The summed E-state index contributed by atoms with van der Waals surface area (Å²) in [5, 5.41) is 6.19. The molecule has 1 aromatic heterocycles. The fourth-order valence-electron chi connectivity index (χ4n) is 4.31. The Bertz CT molecular complexity index is 1400. The van der Waals surface area contributed by atoms with Crippen molar-refractivity contribution in [1.82, 2.24) is 9.78 Å². The van der Waals surface area contributed by atoms with Gasteiger partial charge in [-0.25, -0.2) is 4.68 Å². The number of aryl methyl sites for hydroxylation is 1. The monoisotopic (exact) mass is 445 g/mol. The normalized spacial score (nSPS) is 11.7. The maximum absolute atomic E-state index is 5.81. The van der Waals surface area contributed by atoms with E-state index in [2.05, 4.69) is 81.1 Å². The van der Waals surface area contributed by atoms with Gasteiger partial charge in [-0.05, 0) is 60.7 Å². The molecule has 3 heteroatoms. The lowest BCUT2D eigenvalue weighted by molar-refractivity contribution is 0.619. The van der Waals surface area contributed by atoms with Crippen LogP contribution in [-0.2, 0) is 6.54 Å². The van der Waals surface area contributed by atoms with Gasteiger partial charge in [-0.3, -0.25) is 0 Å². The molecular weight excluding hydrogens is 414 g/mol. The Balaban J connectivity index is 1.86. The molecule has 0 bridgehead atoms. The minimum atomic E-state index is 0.342. The van der Waals surface area contributed by atoms with Gasteiger partial charge in [0.05, 0.1) is 23.4 Å². The van der Waals surface area contributed by atoms with Crippen LogP contribution < -0.4 is 4.90 Å². The van der Waals surface area contributed by atoms with Crippen LogP contribution in [0, 0.1) is 25.2 Å². The van der Waals surface area contributed by atoms with Crippen LogP contribution in [0.25, 0.3) is 22.7 Å². The van der Waals surface area contributed by atoms with E-state index >= 15 is 0 Å². The maximum Gasteiger partial charge on any atom is 0.0905 e. The third-order valence-corrected chi connectivity index (χ3v) is 6.53. The Labute approximate surface area is 203 Å². The molecular formula is C31H31N3. The number of anilines is 1. The molecule has 1 heterocycles. The van der Waals surface area contributed by atoms with Crippen molar-refractivity contribution in [3.05, 3.63) is 108 Å². The summed E-state index contributed by atoms with van der Waals surface area (Å²) in [6.07, 6.45) is 8.70. The van der Waals surface area contributed by atoms with E-state index in [1.54, 1.807) is 0 Å². The maximum atomic E-state index is 5.81. The number of terminal acetylenes is 1. The minimum Gasteiger partial charge on any atom is -0.339 e. The van der Waals surface area contributed by atoms with Gasteiger partial charge in [0.2, 0.25) is 0 Å². The van der Waals surface area contributed by atoms with Crippen LogP contribution >= 0.6 is 0 Å². The smallest absolute Gasteiger partial charge is 0.0905 e. The fourth-order valence-corrected chi connectivity index (χ4v) is 4.31. The number of para-hydroxylation sites is 2. The minimum absolute atomic E-state index is 0.342. The first-order valence-corrected chi connectivity index (χ1v) is 11.7. The second kappa shape index (κ2) is 9.85. The van der Waals surface area contributed by atoms with E-state index in [9.17, 15) is 0 Å². The lowest BCUT2D eigenvalue weighted by Gasteiger charge is -2.31. The zero-order valence-corrected chi connectivity index (χ0v) is 20.3. The molecule has 4 aromatic rings. The van der Waals surface area contributed by atoms with Gasteiger partial charge in [-0.2, -0.15) is 5.10 Å². The quantitative estimate of drug-likeness (QED) is 0.261. The lowest BCUT2D eigenvalue weighted by atomic mass is 10.0. The number of rotatable bonds is 8. The first-order chi connectivity index (χ1) is 16.5. The highest BCUT2D eigenvalue weighted by Gasteiger charge is 2.21. The predicted molar refractivity (Wildman–Crippen MR) is 145 cm³/mol. The number of aromatic nitrogens is 2. The molecule has 0 aliphatic carbocycles. The van der Waals surface area contributed by atoms with Crippen LogP contribution in [0.2, 0.25) is 0 Å². The van der Waals surface area contributed by atoms with Gasteiger partial charge in [0, 0.05) is 22.3 Å². The highest BCUT2D eigenvalue weighted by Crippen LogP contribution is 2.32. The molecule has 0 radical (unpaired) electrons. The first-order valence-electron chi connectivity index (χ1n) is 11.7. The summed E-state index contributed by atoms with van der Waals surface area (Å²) in [5.74, 6) is 3.14. The molecule has 0 amide bonds. The van der Waals surface area contributed by atoms with Crippen molar-refractivity contribution >= 4 is 22.7 Å². The Morgan fingerprint density at radius 3 is 2.59 bits per heavy atom. The average Bonchev–Trinajstić information content (AvgIpc) is 3.24. The summed E-state index contributed by atoms with van der Waals surface area (Å²) in [5.41, 5.74) is 8.26. The van der Waals surface area contributed by atoms with Crippen LogP contribution in [0.1, 0.15) is 42.7 Å². The molecule has 4 rings (SSSR count). The molecule has 3 nitrogen and oxygen atoms in total. The SMILES string of the molecule is C#Cc1ccccc1-n1nc(CN(C(=C)[C@@H](C)CC)c2ccc(C=C)cc2C)c2ccccc21. The van der Waals surface area contributed by atoms with Gasteiger partial charge < -0.3 is 4.90 Å². The second-order valence-electron chi connectivity index (χ2n) is 8.67. The summed E-state index contributed by atoms with van der Waals surface area (Å²) < 4.78 is 1.97. The fraction of sp³-hybridized carbons (Fsp3) is 0.194. The van der Waals surface area contributed by atoms with Gasteiger partial charge >= 0.3 is 0 Å². The van der Waals surface area contributed by atoms with Crippen LogP contribution in [-0.4, -0.2) is 9.78 Å². The zero-order chi connectivity index (χ0) is 24.2. The number of hydrogen-bond acceptors (Lipinski definition) is 2. The Morgan fingerprint density at radius 2 is 1.88 bits per heavy atom. The number of fused-ring (bicyclic) bond motifs is 1. The number of hydrogen-bond donors (Lipinski definition) is 0. The molecule has 0 saturated heterocycles. The van der Waals surface area contributed by atoms with Gasteiger partial charge in [0.1, 0.15) is 0 Å². The highest BCUT2D eigenvalue weighted by molar-refractivity contribution is 5.84.